The zero-order valence-electron chi connectivity index (χ0n) is 17.7. The van der Waals surface area contributed by atoms with Crippen molar-refractivity contribution in [1.82, 2.24) is 24.6 Å². The van der Waals surface area contributed by atoms with E-state index in [1.54, 1.807) is 23.8 Å². The number of fused-ring (bicyclic) bond motifs is 2. The molecule has 1 N–H and O–H groups in total. The van der Waals surface area contributed by atoms with Crippen molar-refractivity contribution in [2.45, 2.75) is 24.2 Å². The molecule has 0 fully saturated rings. The molecule has 0 saturated carbocycles. The summed E-state index contributed by atoms with van der Waals surface area (Å²) in [4.78, 5) is 30.4. The van der Waals surface area contributed by atoms with Crippen molar-refractivity contribution in [2.24, 2.45) is 0 Å². The summed E-state index contributed by atoms with van der Waals surface area (Å²) in [5.41, 5.74) is 1.75. The van der Waals surface area contributed by atoms with Crippen LogP contribution in [0.25, 0.3) is 16.7 Å². The molecule has 4 aromatic rings. The number of ether oxygens (including phenoxy) is 1. The van der Waals surface area contributed by atoms with Gasteiger partial charge in [-0.25, -0.2) is 14.1 Å². The number of methoxy groups -OCH3 is 1. The Bertz CT molecular complexity index is 1380. The molecule has 2 aromatic heterocycles. The highest BCUT2D eigenvalue weighted by Crippen LogP contribution is 2.33. The van der Waals surface area contributed by atoms with E-state index in [4.69, 9.17) is 4.74 Å². The Balaban J connectivity index is 1.34. The number of halogens is 1. The SMILES string of the molecule is COc1ccc(CNC(=O)CC2CSc3nc4c(cnn4-c4ccc(F)cc4)c(=O)n32)cc1. The first kappa shape index (κ1) is 21.2. The molecule has 0 bridgehead atoms. The fourth-order valence-corrected chi connectivity index (χ4v) is 4.91. The minimum Gasteiger partial charge on any atom is -0.497 e. The highest BCUT2D eigenvalue weighted by molar-refractivity contribution is 7.99. The maximum atomic E-state index is 13.3. The molecular formula is C23H20FN5O3S. The molecule has 1 atom stereocenters. The van der Waals surface area contributed by atoms with E-state index in [1.807, 2.05) is 24.3 Å². The van der Waals surface area contributed by atoms with Crippen molar-refractivity contribution in [2.75, 3.05) is 12.9 Å². The molecule has 1 amide bonds. The third-order valence-corrected chi connectivity index (χ3v) is 6.61. The predicted octanol–water partition coefficient (Wildman–Crippen LogP) is 3.08. The monoisotopic (exact) mass is 465 g/mol. The molecule has 0 radical (unpaired) electrons. The fourth-order valence-electron chi connectivity index (χ4n) is 3.78. The van der Waals surface area contributed by atoms with Crippen molar-refractivity contribution < 1.29 is 13.9 Å². The third kappa shape index (κ3) is 4.09. The summed E-state index contributed by atoms with van der Waals surface area (Å²) < 4.78 is 21.5. The number of aromatic nitrogens is 4. The van der Waals surface area contributed by atoms with E-state index in [2.05, 4.69) is 15.4 Å². The molecule has 0 aliphatic carbocycles. The van der Waals surface area contributed by atoms with Crippen LogP contribution in [0.3, 0.4) is 0 Å². The van der Waals surface area contributed by atoms with Gasteiger partial charge in [-0.1, -0.05) is 23.9 Å². The van der Waals surface area contributed by atoms with Crippen LogP contribution in [-0.4, -0.2) is 38.1 Å². The largest absolute Gasteiger partial charge is 0.497 e. The average Bonchev–Trinajstić information content (AvgIpc) is 3.43. The van der Waals surface area contributed by atoms with Crippen molar-refractivity contribution in [3.63, 3.8) is 0 Å². The summed E-state index contributed by atoms with van der Waals surface area (Å²) in [6.07, 6.45) is 1.64. The van der Waals surface area contributed by atoms with Gasteiger partial charge in [0.2, 0.25) is 5.91 Å². The smallest absolute Gasteiger partial charge is 0.265 e. The Labute approximate surface area is 192 Å². The van der Waals surface area contributed by atoms with Gasteiger partial charge in [-0.3, -0.25) is 14.2 Å². The van der Waals surface area contributed by atoms with Gasteiger partial charge in [0.05, 0.1) is 25.0 Å². The number of nitrogens with one attached hydrogen (secondary N) is 1. The summed E-state index contributed by atoms with van der Waals surface area (Å²) in [6, 6.07) is 13.0. The maximum Gasteiger partial charge on any atom is 0.265 e. The van der Waals surface area contributed by atoms with Crippen LogP contribution in [0.2, 0.25) is 0 Å². The molecule has 33 heavy (non-hydrogen) atoms. The molecule has 8 nitrogen and oxygen atoms in total. The molecule has 168 valence electrons. The van der Waals surface area contributed by atoms with Gasteiger partial charge in [0.25, 0.3) is 5.56 Å². The molecule has 2 aromatic carbocycles. The lowest BCUT2D eigenvalue weighted by molar-refractivity contribution is -0.121. The van der Waals surface area contributed by atoms with Crippen LogP contribution in [0.4, 0.5) is 4.39 Å². The van der Waals surface area contributed by atoms with E-state index >= 15 is 0 Å². The van der Waals surface area contributed by atoms with Gasteiger partial charge in [-0.15, -0.1) is 0 Å². The topological polar surface area (TPSA) is 91.0 Å². The van der Waals surface area contributed by atoms with Gasteiger partial charge >= 0.3 is 0 Å². The third-order valence-electron chi connectivity index (χ3n) is 5.51. The molecule has 0 saturated heterocycles. The number of hydrogen-bond acceptors (Lipinski definition) is 6. The molecular weight excluding hydrogens is 445 g/mol. The lowest BCUT2D eigenvalue weighted by atomic mass is 10.2. The number of amides is 1. The second-order valence-electron chi connectivity index (χ2n) is 7.63. The van der Waals surface area contributed by atoms with Crippen LogP contribution < -0.4 is 15.6 Å². The molecule has 5 rings (SSSR count). The first-order chi connectivity index (χ1) is 16.0. The predicted molar refractivity (Wildman–Crippen MR) is 122 cm³/mol. The fraction of sp³-hybridized carbons (Fsp3) is 0.217. The van der Waals surface area contributed by atoms with Gasteiger partial charge in [0, 0.05) is 18.7 Å². The number of carbonyl (C=O) groups excluding carboxylic acids is 1. The Morgan fingerprint density at radius 3 is 2.70 bits per heavy atom. The summed E-state index contributed by atoms with van der Waals surface area (Å²) in [5, 5.41) is 8.09. The van der Waals surface area contributed by atoms with E-state index in [0.717, 1.165) is 11.3 Å². The summed E-state index contributed by atoms with van der Waals surface area (Å²) in [6.45, 7) is 0.395. The molecule has 1 aliphatic rings. The van der Waals surface area contributed by atoms with Gasteiger partial charge in [-0.2, -0.15) is 5.10 Å². The highest BCUT2D eigenvalue weighted by Gasteiger charge is 2.29. The normalized spacial score (nSPS) is 14.9. The number of nitrogens with zero attached hydrogens (tertiary/aromatic N) is 4. The van der Waals surface area contributed by atoms with Crippen molar-refractivity contribution in [3.05, 3.63) is 76.5 Å². The Hall–Kier alpha value is -3.66. The summed E-state index contributed by atoms with van der Waals surface area (Å²) in [5.74, 6) is 0.839. The van der Waals surface area contributed by atoms with Crippen LogP contribution in [0.1, 0.15) is 18.0 Å². The lowest BCUT2D eigenvalue weighted by Gasteiger charge is -2.13. The van der Waals surface area contributed by atoms with Gasteiger partial charge in [0.15, 0.2) is 10.8 Å². The van der Waals surface area contributed by atoms with Crippen LogP contribution in [0.15, 0.2) is 64.7 Å². The van der Waals surface area contributed by atoms with E-state index in [-0.39, 0.29) is 29.7 Å². The number of hydrogen-bond donors (Lipinski definition) is 1. The molecule has 10 heteroatoms. The Morgan fingerprint density at radius 2 is 1.97 bits per heavy atom. The zero-order chi connectivity index (χ0) is 22.9. The molecule has 3 heterocycles. The number of carbonyl (C=O) groups is 1. The standard InChI is InChI=1S/C23H20FN5O3S/c1-32-18-8-2-14(3-9-18)11-25-20(30)10-17-13-33-23-27-21-19(22(31)28(17)23)12-26-29(21)16-6-4-15(24)5-7-16/h2-9,12,17H,10-11,13H2,1H3,(H,25,30). The number of rotatable bonds is 6. The van der Waals surface area contributed by atoms with Crippen LogP contribution in [0, 0.1) is 5.82 Å². The summed E-state index contributed by atoms with van der Waals surface area (Å²) in [7, 11) is 1.60. The Kier molecular flexibility index (Phi) is 5.59. The number of thioether (sulfide) groups is 1. The minimum absolute atomic E-state index is 0.140. The maximum absolute atomic E-state index is 13.3. The summed E-state index contributed by atoms with van der Waals surface area (Å²) >= 11 is 1.43. The quantitative estimate of drug-likeness (QED) is 0.440. The molecule has 0 spiro atoms. The molecule has 1 unspecified atom stereocenters. The van der Waals surface area contributed by atoms with E-state index in [9.17, 15) is 14.0 Å². The Morgan fingerprint density at radius 1 is 1.21 bits per heavy atom. The van der Waals surface area contributed by atoms with Gasteiger partial charge in [0.1, 0.15) is 17.0 Å². The highest BCUT2D eigenvalue weighted by atomic mass is 32.2. The number of benzene rings is 2. The zero-order valence-corrected chi connectivity index (χ0v) is 18.5. The van der Waals surface area contributed by atoms with Gasteiger partial charge < -0.3 is 10.1 Å². The van der Waals surface area contributed by atoms with E-state index in [0.29, 0.717) is 34.2 Å². The van der Waals surface area contributed by atoms with E-state index in [1.165, 1.54) is 34.8 Å². The van der Waals surface area contributed by atoms with Crippen LogP contribution >= 0.6 is 11.8 Å². The second-order valence-corrected chi connectivity index (χ2v) is 8.62. The van der Waals surface area contributed by atoms with Crippen molar-refractivity contribution in [3.8, 4) is 11.4 Å². The lowest BCUT2D eigenvalue weighted by Crippen LogP contribution is -2.30. The van der Waals surface area contributed by atoms with Gasteiger partial charge in [-0.05, 0) is 42.0 Å². The van der Waals surface area contributed by atoms with Crippen LogP contribution in [-0.2, 0) is 11.3 Å². The van der Waals surface area contributed by atoms with Crippen molar-refractivity contribution in [1.29, 1.82) is 0 Å². The molecule has 1 aliphatic heterocycles. The second kappa shape index (κ2) is 8.70. The average molecular weight is 466 g/mol. The van der Waals surface area contributed by atoms with Crippen LogP contribution in [0.5, 0.6) is 5.75 Å². The van der Waals surface area contributed by atoms with E-state index < -0.39 is 0 Å². The van der Waals surface area contributed by atoms with Crippen molar-refractivity contribution >= 4 is 28.7 Å². The minimum atomic E-state index is -0.354. The first-order valence-electron chi connectivity index (χ1n) is 10.3. The first-order valence-corrected chi connectivity index (χ1v) is 11.3.